The van der Waals surface area contributed by atoms with Gasteiger partial charge in [0, 0.05) is 32.1 Å². The molecule has 0 aliphatic carbocycles. The predicted molar refractivity (Wildman–Crippen MR) is 81.1 cm³/mol. The van der Waals surface area contributed by atoms with Crippen LogP contribution in [0.5, 0.6) is 0 Å². The summed E-state index contributed by atoms with van der Waals surface area (Å²) in [5.74, 6) is 0.503. The van der Waals surface area contributed by atoms with Crippen LogP contribution in [0.4, 0.5) is 0 Å². The van der Waals surface area contributed by atoms with Gasteiger partial charge in [0.1, 0.15) is 4.60 Å². The topological polar surface area (TPSA) is 51.5 Å². The summed E-state index contributed by atoms with van der Waals surface area (Å²) in [7, 11) is 1.95. The van der Waals surface area contributed by atoms with Crippen LogP contribution in [0.15, 0.2) is 16.7 Å². The molecule has 3 rings (SSSR count). The lowest BCUT2D eigenvalue weighted by atomic mass is 9.96. The number of halogens is 1. The number of ether oxygens (including phenoxy) is 1. The minimum atomic E-state index is 0.503. The van der Waals surface area contributed by atoms with Crippen LogP contribution in [0.1, 0.15) is 30.1 Å². The molecule has 0 saturated carbocycles. The van der Waals surface area contributed by atoms with Gasteiger partial charge in [-0.1, -0.05) is 0 Å². The summed E-state index contributed by atoms with van der Waals surface area (Å²) < 4.78 is 8.30. The van der Waals surface area contributed by atoms with Crippen molar-refractivity contribution < 1.29 is 4.74 Å². The van der Waals surface area contributed by atoms with E-state index in [1.165, 1.54) is 0 Å². The molecular weight excluding hydrogens is 320 g/mol. The molecule has 0 unspecified atom stereocenters. The van der Waals surface area contributed by atoms with Crippen LogP contribution in [-0.4, -0.2) is 41.4 Å². The van der Waals surface area contributed by atoms with Crippen molar-refractivity contribution in [1.29, 1.82) is 0 Å². The van der Waals surface area contributed by atoms with Crippen LogP contribution >= 0.6 is 15.9 Å². The van der Waals surface area contributed by atoms with Crippen molar-refractivity contribution in [3.63, 3.8) is 0 Å². The third-order valence-corrected chi connectivity index (χ3v) is 4.55. The summed E-state index contributed by atoms with van der Waals surface area (Å²) in [6.45, 7) is 2.58. The van der Waals surface area contributed by atoms with Crippen molar-refractivity contribution in [2.24, 2.45) is 0 Å². The molecule has 6 heteroatoms. The molecule has 1 fully saturated rings. The summed E-state index contributed by atoms with van der Waals surface area (Å²) in [5.41, 5.74) is 3.09. The molecule has 0 bridgehead atoms. The molecule has 1 aliphatic heterocycles. The van der Waals surface area contributed by atoms with Gasteiger partial charge in [0.15, 0.2) is 5.65 Å². The van der Waals surface area contributed by atoms with E-state index in [0.29, 0.717) is 5.92 Å². The Kier molecular flexibility index (Phi) is 4.33. The van der Waals surface area contributed by atoms with Gasteiger partial charge in [0.25, 0.3) is 0 Å². The van der Waals surface area contributed by atoms with E-state index >= 15 is 0 Å². The van der Waals surface area contributed by atoms with Gasteiger partial charge in [-0.2, -0.15) is 5.10 Å². The average molecular weight is 339 g/mol. The van der Waals surface area contributed by atoms with Gasteiger partial charge in [0.05, 0.1) is 11.4 Å². The quantitative estimate of drug-likeness (QED) is 0.927. The Morgan fingerprint density at radius 1 is 1.40 bits per heavy atom. The molecule has 0 radical (unpaired) electrons. The van der Waals surface area contributed by atoms with Gasteiger partial charge in [-0.05, 0) is 48.0 Å². The van der Waals surface area contributed by atoms with E-state index in [-0.39, 0.29) is 0 Å². The number of imidazole rings is 1. The zero-order chi connectivity index (χ0) is 13.9. The van der Waals surface area contributed by atoms with Crippen LogP contribution in [-0.2, 0) is 11.2 Å². The molecule has 0 aromatic carbocycles. The molecule has 1 aliphatic rings. The summed E-state index contributed by atoms with van der Waals surface area (Å²) in [6.07, 6.45) is 3.00. The maximum Gasteiger partial charge on any atom is 0.155 e. The normalized spacial score (nSPS) is 16.9. The molecule has 2 aromatic rings. The molecule has 108 valence electrons. The molecule has 20 heavy (non-hydrogen) atoms. The van der Waals surface area contributed by atoms with Gasteiger partial charge in [-0.25, -0.2) is 9.50 Å². The maximum atomic E-state index is 5.42. The highest BCUT2D eigenvalue weighted by Gasteiger charge is 2.19. The number of likely N-dealkylation sites (N-methyl/N-ethyl adjacent to an activating group) is 1. The SMILES string of the molecule is CNCCc1nc2ccc(C3CCOCC3)nn2c1Br. The Bertz CT molecular complexity index is 592. The van der Waals surface area contributed by atoms with E-state index in [9.17, 15) is 0 Å². The predicted octanol–water partition coefficient (Wildman–Crippen LogP) is 2.15. The van der Waals surface area contributed by atoms with E-state index < -0.39 is 0 Å². The highest BCUT2D eigenvalue weighted by Crippen LogP contribution is 2.26. The zero-order valence-electron chi connectivity index (χ0n) is 11.6. The Hall–Kier alpha value is -0.980. The highest BCUT2D eigenvalue weighted by atomic mass is 79.9. The second-order valence-corrected chi connectivity index (χ2v) is 5.87. The Balaban J connectivity index is 1.91. The standard InChI is InChI=1S/C14H19BrN4O/c1-16-7-4-12-14(15)19-13(17-12)3-2-11(18-19)10-5-8-20-9-6-10/h2-3,10,16H,4-9H2,1H3. The monoisotopic (exact) mass is 338 g/mol. The highest BCUT2D eigenvalue weighted by molar-refractivity contribution is 9.10. The van der Waals surface area contributed by atoms with Gasteiger partial charge < -0.3 is 10.1 Å². The minimum Gasteiger partial charge on any atom is -0.381 e. The molecule has 0 amide bonds. The molecule has 2 aromatic heterocycles. The van der Waals surface area contributed by atoms with Gasteiger partial charge in [0.2, 0.25) is 0 Å². The van der Waals surface area contributed by atoms with Crippen LogP contribution in [0, 0.1) is 0 Å². The first-order chi connectivity index (χ1) is 9.79. The summed E-state index contributed by atoms with van der Waals surface area (Å²) in [5, 5.41) is 7.90. The van der Waals surface area contributed by atoms with E-state index in [4.69, 9.17) is 9.84 Å². The fourth-order valence-corrected chi connectivity index (χ4v) is 3.13. The number of rotatable bonds is 4. The lowest BCUT2D eigenvalue weighted by molar-refractivity contribution is 0.0842. The van der Waals surface area contributed by atoms with E-state index in [1.54, 1.807) is 0 Å². The Morgan fingerprint density at radius 3 is 2.95 bits per heavy atom. The fraction of sp³-hybridized carbons (Fsp3) is 0.571. The average Bonchev–Trinajstić information content (AvgIpc) is 2.82. The summed E-state index contributed by atoms with van der Waals surface area (Å²) in [4.78, 5) is 4.62. The van der Waals surface area contributed by atoms with Crippen molar-refractivity contribution in [2.45, 2.75) is 25.2 Å². The summed E-state index contributed by atoms with van der Waals surface area (Å²) in [6, 6.07) is 4.16. The molecule has 3 heterocycles. The maximum absolute atomic E-state index is 5.42. The number of hydrogen-bond donors (Lipinski definition) is 1. The van der Waals surface area contributed by atoms with Gasteiger partial charge in [-0.3, -0.25) is 0 Å². The second kappa shape index (κ2) is 6.20. The molecule has 1 saturated heterocycles. The van der Waals surface area contributed by atoms with Crippen molar-refractivity contribution in [3.8, 4) is 0 Å². The number of fused-ring (bicyclic) bond motifs is 1. The first-order valence-corrected chi connectivity index (χ1v) is 7.85. The van der Waals surface area contributed by atoms with Crippen molar-refractivity contribution in [2.75, 3.05) is 26.8 Å². The minimum absolute atomic E-state index is 0.503. The number of nitrogens with one attached hydrogen (secondary N) is 1. The smallest absolute Gasteiger partial charge is 0.155 e. The largest absolute Gasteiger partial charge is 0.381 e. The molecule has 0 spiro atoms. The van der Waals surface area contributed by atoms with Crippen LogP contribution in [0.2, 0.25) is 0 Å². The lowest BCUT2D eigenvalue weighted by Gasteiger charge is -2.21. The lowest BCUT2D eigenvalue weighted by Crippen LogP contribution is -2.16. The van der Waals surface area contributed by atoms with Crippen molar-refractivity contribution in [3.05, 3.63) is 28.1 Å². The molecular formula is C14H19BrN4O. The first kappa shape index (κ1) is 14.0. The van der Waals surface area contributed by atoms with Gasteiger partial charge in [-0.15, -0.1) is 0 Å². The molecule has 5 nitrogen and oxygen atoms in total. The Morgan fingerprint density at radius 2 is 2.20 bits per heavy atom. The second-order valence-electron chi connectivity index (χ2n) is 5.12. The van der Waals surface area contributed by atoms with Crippen LogP contribution < -0.4 is 5.32 Å². The number of nitrogens with zero attached hydrogens (tertiary/aromatic N) is 3. The first-order valence-electron chi connectivity index (χ1n) is 7.06. The van der Waals surface area contributed by atoms with E-state index in [0.717, 1.165) is 60.7 Å². The van der Waals surface area contributed by atoms with Crippen molar-refractivity contribution >= 4 is 21.6 Å². The fourth-order valence-electron chi connectivity index (χ4n) is 2.58. The number of hydrogen-bond acceptors (Lipinski definition) is 4. The van der Waals surface area contributed by atoms with Crippen LogP contribution in [0.25, 0.3) is 5.65 Å². The van der Waals surface area contributed by atoms with Crippen LogP contribution in [0.3, 0.4) is 0 Å². The number of aromatic nitrogens is 3. The summed E-state index contributed by atoms with van der Waals surface area (Å²) >= 11 is 3.63. The Labute approximate surface area is 126 Å². The molecule has 0 atom stereocenters. The van der Waals surface area contributed by atoms with E-state index in [2.05, 4.69) is 38.4 Å². The third-order valence-electron chi connectivity index (χ3n) is 3.76. The van der Waals surface area contributed by atoms with E-state index in [1.807, 2.05) is 11.6 Å². The van der Waals surface area contributed by atoms with Gasteiger partial charge >= 0.3 is 0 Å². The molecule has 1 N–H and O–H groups in total. The zero-order valence-corrected chi connectivity index (χ0v) is 13.2. The third kappa shape index (κ3) is 2.73. The van der Waals surface area contributed by atoms with Crippen molar-refractivity contribution in [1.82, 2.24) is 19.9 Å².